The molecule has 0 fully saturated rings. The lowest BCUT2D eigenvalue weighted by molar-refractivity contribution is 0.405. The first-order chi connectivity index (χ1) is 8.70. The van der Waals surface area contributed by atoms with E-state index in [2.05, 4.69) is 0 Å². The summed E-state index contributed by atoms with van der Waals surface area (Å²) in [6.07, 6.45) is 0.709. The zero-order valence-electron chi connectivity index (χ0n) is 10.3. The van der Waals surface area contributed by atoms with Crippen molar-refractivity contribution in [1.82, 2.24) is 0 Å². The van der Waals surface area contributed by atoms with Gasteiger partial charge in [0, 0.05) is 11.6 Å². The highest BCUT2D eigenvalue weighted by atomic mass is 16.5. The van der Waals surface area contributed by atoms with Crippen LogP contribution in [0, 0.1) is 0 Å². The predicted octanol–water partition coefficient (Wildman–Crippen LogP) is 2.64. The SMILES string of the molecule is COc1ccccc1C(N)Cc1ccc(O)cc1. The van der Waals surface area contributed by atoms with Crippen LogP contribution in [0.2, 0.25) is 0 Å². The van der Waals surface area contributed by atoms with Crippen LogP contribution in [0.4, 0.5) is 0 Å². The van der Waals surface area contributed by atoms with Gasteiger partial charge in [-0.15, -0.1) is 0 Å². The van der Waals surface area contributed by atoms with E-state index in [1.54, 1.807) is 19.2 Å². The molecule has 0 aliphatic rings. The first-order valence-corrected chi connectivity index (χ1v) is 5.87. The summed E-state index contributed by atoms with van der Waals surface area (Å²) in [6.45, 7) is 0. The van der Waals surface area contributed by atoms with Crippen molar-refractivity contribution < 1.29 is 9.84 Å². The topological polar surface area (TPSA) is 55.5 Å². The van der Waals surface area contributed by atoms with Gasteiger partial charge in [-0.1, -0.05) is 30.3 Å². The molecular weight excluding hydrogens is 226 g/mol. The van der Waals surface area contributed by atoms with E-state index in [0.717, 1.165) is 16.9 Å². The van der Waals surface area contributed by atoms with Crippen molar-refractivity contribution in [3.8, 4) is 11.5 Å². The first kappa shape index (κ1) is 12.5. The van der Waals surface area contributed by atoms with Gasteiger partial charge < -0.3 is 15.6 Å². The third-order valence-electron chi connectivity index (χ3n) is 2.93. The van der Waals surface area contributed by atoms with E-state index in [1.807, 2.05) is 36.4 Å². The summed E-state index contributed by atoms with van der Waals surface area (Å²) in [4.78, 5) is 0. The number of para-hydroxylation sites is 1. The molecule has 0 saturated carbocycles. The molecule has 94 valence electrons. The van der Waals surface area contributed by atoms with E-state index in [0.29, 0.717) is 6.42 Å². The molecule has 1 unspecified atom stereocenters. The van der Waals surface area contributed by atoms with E-state index in [-0.39, 0.29) is 11.8 Å². The number of benzene rings is 2. The number of methoxy groups -OCH3 is 1. The van der Waals surface area contributed by atoms with Crippen molar-refractivity contribution in [2.24, 2.45) is 5.73 Å². The Morgan fingerprint density at radius 3 is 2.44 bits per heavy atom. The minimum absolute atomic E-state index is 0.120. The van der Waals surface area contributed by atoms with Gasteiger partial charge in [0.05, 0.1) is 7.11 Å². The van der Waals surface area contributed by atoms with Crippen LogP contribution < -0.4 is 10.5 Å². The molecule has 0 saturated heterocycles. The van der Waals surface area contributed by atoms with Gasteiger partial charge in [0.25, 0.3) is 0 Å². The number of aromatic hydroxyl groups is 1. The van der Waals surface area contributed by atoms with Crippen molar-refractivity contribution >= 4 is 0 Å². The molecular formula is C15H17NO2. The van der Waals surface area contributed by atoms with Gasteiger partial charge in [-0.3, -0.25) is 0 Å². The number of hydrogen-bond donors (Lipinski definition) is 2. The lowest BCUT2D eigenvalue weighted by Gasteiger charge is -2.15. The van der Waals surface area contributed by atoms with E-state index in [4.69, 9.17) is 10.5 Å². The van der Waals surface area contributed by atoms with E-state index in [9.17, 15) is 5.11 Å². The van der Waals surface area contributed by atoms with Gasteiger partial charge in [-0.05, 0) is 30.2 Å². The molecule has 0 aromatic heterocycles. The summed E-state index contributed by atoms with van der Waals surface area (Å²) in [5.74, 6) is 1.08. The largest absolute Gasteiger partial charge is 0.508 e. The normalized spacial score (nSPS) is 12.1. The Labute approximate surface area is 107 Å². The van der Waals surface area contributed by atoms with E-state index < -0.39 is 0 Å². The molecule has 0 aliphatic heterocycles. The molecule has 3 heteroatoms. The van der Waals surface area contributed by atoms with Gasteiger partial charge in [-0.25, -0.2) is 0 Å². The van der Waals surface area contributed by atoms with Crippen molar-refractivity contribution in [1.29, 1.82) is 0 Å². The van der Waals surface area contributed by atoms with Crippen LogP contribution in [0.3, 0.4) is 0 Å². The third-order valence-corrected chi connectivity index (χ3v) is 2.93. The lowest BCUT2D eigenvalue weighted by atomic mass is 9.99. The maximum atomic E-state index is 9.24. The van der Waals surface area contributed by atoms with Gasteiger partial charge in [0.2, 0.25) is 0 Å². The van der Waals surface area contributed by atoms with Crippen LogP contribution in [-0.4, -0.2) is 12.2 Å². The maximum absolute atomic E-state index is 9.24. The van der Waals surface area contributed by atoms with E-state index in [1.165, 1.54) is 0 Å². The fraction of sp³-hybridized carbons (Fsp3) is 0.200. The smallest absolute Gasteiger partial charge is 0.123 e. The summed E-state index contributed by atoms with van der Waals surface area (Å²) in [6, 6.07) is 14.7. The first-order valence-electron chi connectivity index (χ1n) is 5.87. The highest BCUT2D eigenvalue weighted by Crippen LogP contribution is 2.26. The molecule has 0 heterocycles. The maximum Gasteiger partial charge on any atom is 0.123 e. The Balaban J connectivity index is 2.16. The second-order valence-corrected chi connectivity index (χ2v) is 4.22. The van der Waals surface area contributed by atoms with Crippen LogP contribution in [0.15, 0.2) is 48.5 Å². The van der Waals surface area contributed by atoms with Crippen molar-refractivity contribution in [2.75, 3.05) is 7.11 Å². The number of ether oxygens (including phenoxy) is 1. The Morgan fingerprint density at radius 1 is 1.11 bits per heavy atom. The number of phenols is 1. The second-order valence-electron chi connectivity index (χ2n) is 4.22. The molecule has 0 amide bonds. The van der Waals surface area contributed by atoms with Gasteiger partial charge in [0.15, 0.2) is 0 Å². The highest BCUT2D eigenvalue weighted by Gasteiger charge is 2.11. The molecule has 3 nitrogen and oxygen atoms in total. The summed E-state index contributed by atoms with van der Waals surface area (Å²) < 4.78 is 5.30. The summed E-state index contributed by atoms with van der Waals surface area (Å²) >= 11 is 0. The van der Waals surface area contributed by atoms with Gasteiger partial charge in [-0.2, -0.15) is 0 Å². The molecule has 0 aliphatic carbocycles. The lowest BCUT2D eigenvalue weighted by Crippen LogP contribution is -2.14. The Morgan fingerprint density at radius 2 is 1.78 bits per heavy atom. The van der Waals surface area contributed by atoms with Crippen molar-refractivity contribution in [2.45, 2.75) is 12.5 Å². The molecule has 0 spiro atoms. The van der Waals surface area contributed by atoms with Gasteiger partial charge >= 0.3 is 0 Å². The number of hydrogen-bond acceptors (Lipinski definition) is 3. The van der Waals surface area contributed by atoms with E-state index >= 15 is 0 Å². The summed E-state index contributed by atoms with van der Waals surface area (Å²) in [5.41, 5.74) is 8.28. The van der Waals surface area contributed by atoms with Crippen LogP contribution in [0.5, 0.6) is 11.5 Å². The zero-order chi connectivity index (χ0) is 13.0. The summed E-state index contributed by atoms with van der Waals surface area (Å²) in [7, 11) is 1.64. The Hall–Kier alpha value is -2.00. The third kappa shape index (κ3) is 2.81. The predicted molar refractivity (Wildman–Crippen MR) is 71.7 cm³/mol. The van der Waals surface area contributed by atoms with Crippen molar-refractivity contribution in [3.05, 3.63) is 59.7 Å². The number of nitrogens with two attached hydrogens (primary N) is 1. The second kappa shape index (κ2) is 5.56. The van der Waals surface area contributed by atoms with Crippen LogP contribution in [-0.2, 0) is 6.42 Å². The van der Waals surface area contributed by atoms with Gasteiger partial charge in [0.1, 0.15) is 11.5 Å². The molecule has 0 radical (unpaired) electrons. The zero-order valence-corrected chi connectivity index (χ0v) is 10.3. The number of rotatable bonds is 4. The van der Waals surface area contributed by atoms with Crippen molar-refractivity contribution in [3.63, 3.8) is 0 Å². The fourth-order valence-electron chi connectivity index (χ4n) is 1.97. The minimum Gasteiger partial charge on any atom is -0.508 e. The monoisotopic (exact) mass is 243 g/mol. The summed E-state index contributed by atoms with van der Waals surface area (Å²) in [5, 5.41) is 9.24. The number of phenolic OH excluding ortho intramolecular Hbond substituents is 1. The quantitative estimate of drug-likeness (QED) is 0.868. The standard InChI is InChI=1S/C15H17NO2/c1-18-15-5-3-2-4-13(15)14(16)10-11-6-8-12(17)9-7-11/h2-9,14,17H,10,16H2,1H3. The Kier molecular flexibility index (Phi) is 3.85. The molecule has 18 heavy (non-hydrogen) atoms. The molecule has 1 atom stereocenters. The highest BCUT2D eigenvalue weighted by molar-refractivity contribution is 5.37. The molecule has 2 aromatic carbocycles. The minimum atomic E-state index is -0.120. The molecule has 3 N–H and O–H groups in total. The Bertz CT molecular complexity index is 508. The van der Waals surface area contributed by atoms with Crippen LogP contribution in [0.25, 0.3) is 0 Å². The van der Waals surface area contributed by atoms with Crippen LogP contribution >= 0.6 is 0 Å². The van der Waals surface area contributed by atoms with Crippen LogP contribution in [0.1, 0.15) is 17.2 Å². The molecule has 2 rings (SSSR count). The molecule has 2 aromatic rings. The molecule has 0 bridgehead atoms. The fourth-order valence-corrected chi connectivity index (χ4v) is 1.97. The average Bonchev–Trinajstić information content (AvgIpc) is 2.41. The average molecular weight is 243 g/mol.